The van der Waals surface area contributed by atoms with E-state index in [0.717, 1.165) is 17.7 Å². The molecule has 0 fully saturated rings. The molecule has 0 aliphatic carbocycles. The van der Waals surface area contributed by atoms with Crippen molar-refractivity contribution >= 4 is 22.4 Å². The van der Waals surface area contributed by atoms with Gasteiger partial charge in [-0.2, -0.15) is 5.10 Å². The molecular formula is C14H14N4. The number of fused-ring (bicyclic) bond motifs is 1. The van der Waals surface area contributed by atoms with Crippen LogP contribution in [0.4, 0.5) is 0 Å². The van der Waals surface area contributed by atoms with Crippen molar-refractivity contribution in [1.29, 1.82) is 5.41 Å². The van der Waals surface area contributed by atoms with E-state index in [1.165, 1.54) is 15.8 Å². The second-order valence-electron chi connectivity index (χ2n) is 4.33. The molecule has 0 saturated heterocycles. The van der Waals surface area contributed by atoms with Crippen molar-refractivity contribution < 1.29 is 0 Å². The zero-order chi connectivity index (χ0) is 12.5. The summed E-state index contributed by atoms with van der Waals surface area (Å²) in [7, 11) is 0. The van der Waals surface area contributed by atoms with Crippen LogP contribution < -0.4 is 5.73 Å². The molecule has 0 bridgehead atoms. The number of hydrogen-bond acceptors (Lipinski definition) is 2. The highest BCUT2D eigenvalue weighted by molar-refractivity contribution is 6.11. The van der Waals surface area contributed by atoms with Gasteiger partial charge >= 0.3 is 0 Å². The highest BCUT2D eigenvalue weighted by Gasteiger charge is 2.18. The zero-order valence-electron chi connectivity index (χ0n) is 9.93. The summed E-state index contributed by atoms with van der Waals surface area (Å²) in [5.74, 6) is 0.00485. The van der Waals surface area contributed by atoms with E-state index in [1.54, 1.807) is 0 Å². The van der Waals surface area contributed by atoms with Gasteiger partial charge in [-0.05, 0) is 10.8 Å². The molecule has 0 unspecified atom stereocenters. The Morgan fingerprint density at radius 3 is 2.72 bits per heavy atom. The Bertz CT molecular complexity index is 640. The van der Waals surface area contributed by atoms with Crippen molar-refractivity contribution in [3.05, 3.63) is 48.0 Å². The van der Waals surface area contributed by atoms with Crippen LogP contribution in [-0.2, 0) is 0 Å². The van der Waals surface area contributed by atoms with Gasteiger partial charge < -0.3 is 5.73 Å². The maximum atomic E-state index is 7.40. The second kappa shape index (κ2) is 4.14. The molecule has 1 heterocycles. The topological polar surface area (TPSA) is 65.5 Å². The Labute approximate surface area is 105 Å². The molecule has 4 nitrogen and oxygen atoms in total. The normalized spacial score (nSPS) is 14.9. The Morgan fingerprint density at radius 1 is 1.17 bits per heavy atom. The summed E-state index contributed by atoms with van der Waals surface area (Å²) < 4.78 is 0. The van der Waals surface area contributed by atoms with Crippen LogP contribution in [0.15, 0.2) is 47.6 Å². The molecule has 0 aromatic heterocycles. The van der Waals surface area contributed by atoms with E-state index in [2.05, 4.69) is 29.4 Å². The molecule has 90 valence electrons. The van der Waals surface area contributed by atoms with E-state index in [-0.39, 0.29) is 5.96 Å². The van der Waals surface area contributed by atoms with Crippen LogP contribution >= 0.6 is 0 Å². The first-order valence-corrected chi connectivity index (χ1v) is 5.93. The zero-order valence-corrected chi connectivity index (χ0v) is 9.93. The van der Waals surface area contributed by atoms with Crippen molar-refractivity contribution in [2.75, 3.05) is 6.54 Å². The number of nitrogens with two attached hydrogens (primary N) is 1. The molecule has 2 aromatic rings. The van der Waals surface area contributed by atoms with E-state index in [1.807, 2.05) is 18.2 Å². The first kappa shape index (κ1) is 10.8. The quantitative estimate of drug-likeness (QED) is 0.590. The second-order valence-corrected chi connectivity index (χ2v) is 4.33. The van der Waals surface area contributed by atoms with Crippen LogP contribution in [-0.4, -0.2) is 23.2 Å². The average Bonchev–Trinajstić information content (AvgIpc) is 2.87. The monoisotopic (exact) mass is 238 g/mol. The predicted octanol–water partition coefficient (Wildman–Crippen LogP) is 2.14. The van der Waals surface area contributed by atoms with Crippen molar-refractivity contribution in [2.45, 2.75) is 6.42 Å². The molecular weight excluding hydrogens is 224 g/mol. The minimum Gasteiger partial charge on any atom is -0.369 e. The fraction of sp³-hybridized carbons (Fsp3) is 0.143. The van der Waals surface area contributed by atoms with Crippen LogP contribution in [0.1, 0.15) is 12.0 Å². The van der Waals surface area contributed by atoms with Crippen molar-refractivity contribution in [2.24, 2.45) is 10.8 Å². The maximum Gasteiger partial charge on any atom is 0.209 e. The third kappa shape index (κ3) is 1.72. The van der Waals surface area contributed by atoms with E-state index < -0.39 is 0 Å². The van der Waals surface area contributed by atoms with Crippen LogP contribution in [0, 0.1) is 5.41 Å². The lowest BCUT2D eigenvalue weighted by molar-refractivity contribution is 0.482. The molecule has 0 spiro atoms. The molecule has 18 heavy (non-hydrogen) atoms. The van der Waals surface area contributed by atoms with Crippen molar-refractivity contribution in [3.63, 3.8) is 0 Å². The Balaban J connectivity index is 2.11. The highest BCUT2D eigenvalue weighted by Crippen LogP contribution is 2.22. The largest absolute Gasteiger partial charge is 0.369 e. The lowest BCUT2D eigenvalue weighted by Crippen LogP contribution is -2.29. The molecule has 0 saturated carbocycles. The molecule has 4 heteroatoms. The third-order valence-electron chi connectivity index (χ3n) is 3.18. The van der Waals surface area contributed by atoms with E-state index in [9.17, 15) is 0 Å². The van der Waals surface area contributed by atoms with Crippen molar-refractivity contribution in [1.82, 2.24) is 5.01 Å². The van der Waals surface area contributed by atoms with Crippen LogP contribution in [0.2, 0.25) is 0 Å². The van der Waals surface area contributed by atoms with E-state index in [4.69, 9.17) is 11.1 Å². The van der Waals surface area contributed by atoms with Gasteiger partial charge in [0.15, 0.2) is 0 Å². The van der Waals surface area contributed by atoms with Crippen LogP contribution in [0.5, 0.6) is 0 Å². The smallest absolute Gasteiger partial charge is 0.209 e. The van der Waals surface area contributed by atoms with Gasteiger partial charge in [0.05, 0.1) is 12.3 Å². The van der Waals surface area contributed by atoms with E-state index >= 15 is 0 Å². The number of guanidine groups is 1. The summed E-state index contributed by atoms with van der Waals surface area (Å²) in [6, 6.07) is 14.5. The lowest BCUT2D eigenvalue weighted by atomic mass is 10.00. The average molecular weight is 238 g/mol. The Hall–Kier alpha value is -2.36. The SMILES string of the molecule is N=C(N)N1CCC(c2cccc3ccccc23)=N1. The molecule has 0 atom stereocenters. The highest BCUT2D eigenvalue weighted by atomic mass is 15.5. The molecule has 2 aromatic carbocycles. The molecule has 3 N–H and O–H groups in total. The summed E-state index contributed by atoms with van der Waals surface area (Å²) in [6.45, 7) is 0.688. The van der Waals surface area contributed by atoms with Crippen LogP contribution in [0.25, 0.3) is 10.8 Å². The van der Waals surface area contributed by atoms with Gasteiger partial charge in [0, 0.05) is 12.0 Å². The number of nitrogens with zero attached hydrogens (tertiary/aromatic N) is 2. The number of hydrogen-bond donors (Lipinski definition) is 2. The van der Waals surface area contributed by atoms with Gasteiger partial charge in [-0.1, -0.05) is 42.5 Å². The molecule has 1 aliphatic rings. The van der Waals surface area contributed by atoms with Gasteiger partial charge in [0.25, 0.3) is 0 Å². The fourth-order valence-electron chi connectivity index (χ4n) is 2.30. The summed E-state index contributed by atoms with van der Waals surface area (Å²) in [5, 5.41) is 15.8. The number of rotatable bonds is 1. The molecule has 1 aliphatic heterocycles. The third-order valence-corrected chi connectivity index (χ3v) is 3.18. The first-order valence-electron chi connectivity index (χ1n) is 5.93. The fourth-order valence-corrected chi connectivity index (χ4v) is 2.30. The van der Waals surface area contributed by atoms with Gasteiger partial charge in [-0.25, -0.2) is 5.01 Å². The number of benzene rings is 2. The van der Waals surface area contributed by atoms with Gasteiger partial charge in [0.2, 0.25) is 5.96 Å². The minimum atomic E-state index is 0.00485. The molecule has 0 radical (unpaired) electrons. The summed E-state index contributed by atoms with van der Waals surface area (Å²) in [6.07, 6.45) is 0.827. The molecule has 0 amide bonds. The Kier molecular flexibility index (Phi) is 2.48. The summed E-state index contributed by atoms with van der Waals surface area (Å²) in [5.41, 5.74) is 7.59. The first-order chi connectivity index (χ1) is 8.75. The van der Waals surface area contributed by atoms with E-state index in [0.29, 0.717) is 6.54 Å². The Morgan fingerprint density at radius 2 is 1.94 bits per heavy atom. The number of hydrazone groups is 1. The van der Waals surface area contributed by atoms with Crippen LogP contribution in [0.3, 0.4) is 0 Å². The van der Waals surface area contributed by atoms with Gasteiger partial charge in [0.1, 0.15) is 0 Å². The predicted molar refractivity (Wildman–Crippen MR) is 73.7 cm³/mol. The number of nitrogens with one attached hydrogen (secondary N) is 1. The van der Waals surface area contributed by atoms with Crippen molar-refractivity contribution in [3.8, 4) is 0 Å². The minimum absolute atomic E-state index is 0.00485. The lowest BCUT2D eigenvalue weighted by Gasteiger charge is -2.08. The summed E-state index contributed by atoms with van der Waals surface area (Å²) in [4.78, 5) is 0. The van der Waals surface area contributed by atoms with Gasteiger partial charge in [-0.15, -0.1) is 0 Å². The van der Waals surface area contributed by atoms with Gasteiger partial charge in [-0.3, -0.25) is 5.41 Å². The maximum absolute atomic E-state index is 7.40. The molecule has 3 rings (SSSR count). The summed E-state index contributed by atoms with van der Waals surface area (Å²) >= 11 is 0. The standard InChI is InChI=1S/C14H14N4/c15-14(16)18-9-8-13(17-18)12-7-3-5-10-4-1-2-6-11(10)12/h1-7H,8-9H2,(H3,15,16).